The highest BCUT2D eigenvalue weighted by Crippen LogP contribution is 2.11. The molecule has 0 aliphatic heterocycles. The van der Waals surface area contributed by atoms with Crippen molar-refractivity contribution in [3.63, 3.8) is 0 Å². The van der Waals surface area contributed by atoms with Gasteiger partial charge >= 0.3 is 11.9 Å². The Bertz CT molecular complexity index is 428. The molecular formula is C12H16N2O5. The molecule has 0 bridgehead atoms. The van der Waals surface area contributed by atoms with E-state index in [0.717, 1.165) is 0 Å². The standard InChI is InChI=1S/C12H16N2O5/c13-9(6-10(15)16)12(18)14-7-11(17)19-8-4-2-1-3-5-8/h1-2,5,9H,3-4,6-7,13H2,(H,14,18)(H,15,16)/t9-/m0/s1. The molecule has 0 aromatic rings. The van der Waals surface area contributed by atoms with Gasteiger partial charge in [0.2, 0.25) is 5.91 Å². The number of carbonyl (C=O) groups is 3. The minimum Gasteiger partial charge on any atom is -0.481 e. The number of amides is 1. The second-order valence-corrected chi connectivity index (χ2v) is 3.98. The van der Waals surface area contributed by atoms with Crippen molar-refractivity contribution in [1.29, 1.82) is 0 Å². The molecule has 7 heteroatoms. The molecule has 7 nitrogen and oxygen atoms in total. The van der Waals surface area contributed by atoms with E-state index in [1.54, 1.807) is 6.08 Å². The number of allylic oxidation sites excluding steroid dienone is 3. The van der Waals surface area contributed by atoms with Crippen molar-refractivity contribution in [1.82, 2.24) is 5.32 Å². The molecule has 1 amide bonds. The summed E-state index contributed by atoms with van der Waals surface area (Å²) in [5, 5.41) is 10.7. The number of carboxylic acids is 1. The van der Waals surface area contributed by atoms with Crippen LogP contribution in [-0.4, -0.2) is 35.5 Å². The van der Waals surface area contributed by atoms with Gasteiger partial charge in [-0.1, -0.05) is 12.2 Å². The first-order valence-corrected chi connectivity index (χ1v) is 5.79. The minimum atomic E-state index is -1.18. The zero-order valence-electron chi connectivity index (χ0n) is 10.3. The molecule has 0 unspecified atom stereocenters. The van der Waals surface area contributed by atoms with Crippen LogP contribution in [-0.2, 0) is 19.1 Å². The molecule has 1 rings (SSSR count). The number of ether oxygens (including phenoxy) is 1. The number of hydrogen-bond donors (Lipinski definition) is 3. The number of aliphatic carboxylic acids is 1. The van der Waals surface area contributed by atoms with E-state index in [4.69, 9.17) is 15.6 Å². The van der Waals surface area contributed by atoms with Crippen molar-refractivity contribution >= 4 is 17.8 Å². The van der Waals surface area contributed by atoms with Crippen LogP contribution in [0.4, 0.5) is 0 Å². The largest absolute Gasteiger partial charge is 0.481 e. The van der Waals surface area contributed by atoms with Gasteiger partial charge in [-0.3, -0.25) is 9.59 Å². The van der Waals surface area contributed by atoms with Crippen LogP contribution >= 0.6 is 0 Å². The Kier molecular flexibility index (Phi) is 5.74. The van der Waals surface area contributed by atoms with E-state index in [9.17, 15) is 14.4 Å². The number of nitrogens with one attached hydrogen (secondary N) is 1. The summed E-state index contributed by atoms with van der Waals surface area (Å²) in [6.45, 7) is -0.340. The maximum absolute atomic E-state index is 11.4. The third-order valence-corrected chi connectivity index (χ3v) is 2.35. The minimum absolute atomic E-state index is 0.340. The van der Waals surface area contributed by atoms with E-state index in [1.165, 1.54) is 0 Å². The number of nitrogens with two attached hydrogens (primary N) is 1. The van der Waals surface area contributed by atoms with E-state index in [-0.39, 0.29) is 6.54 Å². The van der Waals surface area contributed by atoms with Crippen molar-refractivity contribution in [3.8, 4) is 0 Å². The summed E-state index contributed by atoms with van der Waals surface area (Å²) in [6.07, 6.45) is 6.36. The lowest BCUT2D eigenvalue weighted by Crippen LogP contribution is -2.43. The fourth-order valence-electron chi connectivity index (χ4n) is 1.42. The van der Waals surface area contributed by atoms with Crippen LogP contribution in [0.3, 0.4) is 0 Å². The Morgan fingerprint density at radius 2 is 2.16 bits per heavy atom. The number of hydrogen-bond acceptors (Lipinski definition) is 5. The molecular weight excluding hydrogens is 252 g/mol. The fraction of sp³-hybridized carbons (Fsp3) is 0.417. The first-order chi connectivity index (χ1) is 8.99. The first kappa shape index (κ1) is 14.9. The Hall–Kier alpha value is -2.15. The molecule has 4 N–H and O–H groups in total. The summed E-state index contributed by atoms with van der Waals surface area (Å²) in [5.74, 6) is -1.95. The molecule has 0 aromatic carbocycles. The average Bonchev–Trinajstić information content (AvgIpc) is 2.36. The Morgan fingerprint density at radius 3 is 2.74 bits per heavy atom. The van der Waals surface area contributed by atoms with E-state index in [1.807, 2.05) is 12.2 Å². The molecule has 0 heterocycles. The van der Waals surface area contributed by atoms with Gasteiger partial charge in [0.25, 0.3) is 0 Å². The third-order valence-electron chi connectivity index (χ3n) is 2.35. The summed E-state index contributed by atoms with van der Waals surface area (Å²) < 4.78 is 5.00. The molecule has 19 heavy (non-hydrogen) atoms. The second kappa shape index (κ2) is 7.32. The van der Waals surface area contributed by atoms with Crippen LogP contribution in [0.2, 0.25) is 0 Å². The highest BCUT2D eigenvalue weighted by Gasteiger charge is 2.18. The predicted octanol–water partition coefficient (Wildman–Crippen LogP) is -0.318. The van der Waals surface area contributed by atoms with Gasteiger partial charge in [-0.25, -0.2) is 4.79 Å². The topological polar surface area (TPSA) is 119 Å². The monoisotopic (exact) mass is 268 g/mol. The molecule has 1 aliphatic rings. The molecule has 0 radical (unpaired) electrons. The second-order valence-electron chi connectivity index (χ2n) is 3.98. The van der Waals surface area contributed by atoms with Crippen molar-refractivity contribution in [2.75, 3.05) is 6.54 Å². The lowest BCUT2D eigenvalue weighted by Gasteiger charge is -2.11. The highest BCUT2D eigenvalue weighted by atomic mass is 16.5. The quantitative estimate of drug-likeness (QED) is 0.449. The first-order valence-electron chi connectivity index (χ1n) is 5.79. The summed E-state index contributed by atoms with van der Waals surface area (Å²) in [6, 6.07) is -1.18. The van der Waals surface area contributed by atoms with Crippen LogP contribution in [0.25, 0.3) is 0 Å². The van der Waals surface area contributed by atoms with Crippen LogP contribution < -0.4 is 11.1 Å². The number of rotatable bonds is 6. The van der Waals surface area contributed by atoms with E-state index < -0.39 is 30.3 Å². The highest BCUT2D eigenvalue weighted by molar-refractivity contribution is 5.88. The van der Waals surface area contributed by atoms with Gasteiger partial charge in [0, 0.05) is 6.42 Å². The van der Waals surface area contributed by atoms with Gasteiger partial charge in [-0.05, 0) is 12.5 Å². The molecule has 0 spiro atoms. The summed E-state index contributed by atoms with van der Waals surface area (Å²) in [4.78, 5) is 33.1. The van der Waals surface area contributed by atoms with Crippen molar-refractivity contribution in [2.45, 2.75) is 25.3 Å². The maximum atomic E-state index is 11.4. The molecule has 0 fully saturated rings. The summed E-state index contributed by atoms with van der Waals surface area (Å²) >= 11 is 0. The van der Waals surface area contributed by atoms with Crippen molar-refractivity contribution in [3.05, 3.63) is 24.0 Å². The van der Waals surface area contributed by atoms with Gasteiger partial charge < -0.3 is 20.9 Å². The SMILES string of the molecule is N[C@@H](CC(=O)O)C(=O)NCC(=O)OC1=CCC=CC1. The normalized spacial score (nSPS) is 15.3. The predicted molar refractivity (Wildman–Crippen MR) is 65.8 cm³/mol. The molecule has 1 aliphatic carbocycles. The molecule has 0 saturated carbocycles. The number of esters is 1. The van der Waals surface area contributed by atoms with Crippen molar-refractivity contribution < 1.29 is 24.2 Å². The lowest BCUT2D eigenvalue weighted by molar-refractivity contribution is -0.141. The molecule has 1 atom stereocenters. The van der Waals surface area contributed by atoms with Gasteiger partial charge in [0.15, 0.2) is 0 Å². The van der Waals surface area contributed by atoms with E-state index >= 15 is 0 Å². The third kappa shape index (κ3) is 5.82. The smallest absolute Gasteiger partial charge is 0.330 e. The van der Waals surface area contributed by atoms with Gasteiger partial charge in [0.05, 0.1) is 12.5 Å². The average molecular weight is 268 g/mol. The zero-order valence-corrected chi connectivity index (χ0v) is 10.3. The van der Waals surface area contributed by atoms with Gasteiger partial charge in [0.1, 0.15) is 12.3 Å². The van der Waals surface area contributed by atoms with Crippen LogP contribution in [0.5, 0.6) is 0 Å². The summed E-state index contributed by atoms with van der Waals surface area (Å²) in [5.41, 5.74) is 5.32. The molecule has 0 aromatic heterocycles. The maximum Gasteiger partial charge on any atom is 0.330 e. The Morgan fingerprint density at radius 1 is 1.42 bits per heavy atom. The Labute approximate surface area is 110 Å². The Balaban J connectivity index is 2.27. The number of carboxylic acid groups (broad SMARTS) is 1. The van der Waals surface area contributed by atoms with Crippen LogP contribution in [0, 0.1) is 0 Å². The zero-order chi connectivity index (χ0) is 14.3. The van der Waals surface area contributed by atoms with Crippen LogP contribution in [0.15, 0.2) is 24.0 Å². The summed E-state index contributed by atoms with van der Waals surface area (Å²) in [7, 11) is 0. The van der Waals surface area contributed by atoms with Crippen LogP contribution in [0.1, 0.15) is 19.3 Å². The van der Waals surface area contributed by atoms with E-state index in [2.05, 4.69) is 5.32 Å². The lowest BCUT2D eigenvalue weighted by atomic mass is 10.2. The molecule has 104 valence electrons. The van der Waals surface area contributed by atoms with Gasteiger partial charge in [-0.15, -0.1) is 0 Å². The van der Waals surface area contributed by atoms with Gasteiger partial charge in [-0.2, -0.15) is 0 Å². The van der Waals surface area contributed by atoms with E-state index in [0.29, 0.717) is 18.6 Å². The molecule has 0 saturated heterocycles. The number of carbonyl (C=O) groups excluding carboxylic acids is 2. The van der Waals surface area contributed by atoms with Crippen molar-refractivity contribution in [2.24, 2.45) is 5.73 Å². The fourth-order valence-corrected chi connectivity index (χ4v) is 1.42.